The van der Waals surface area contributed by atoms with Crippen LogP contribution >= 0.6 is 11.6 Å². The maximum atomic E-state index is 11.2. The Labute approximate surface area is 120 Å². The van der Waals surface area contributed by atoms with Gasteiger partial charge in [0.1, 0.15) is 17.8 Å². The van der Waals surface area contributed by atoms with Gasteiger partial charge in [0.05, 0.1) is 0 Å². The second kappa shape index (κ2) is 5.34. The van der Waals surface area contributed by atoms with E-state index in [1.165, 1.54) is 6.33 Å². The van der Waals surface area contributed by atoms with E-state index in [9.17, 15) is 4.79 Å². The maximum Gasteiger partial charge on any atom is 0.248 e. The number of primary amides is 1. The molecule has 0 atom stereocenters. The molecule has 20 heavy (non-hydrogen) atoms. The van der Waals surface area contributed by atoms with Crippen molar-refractivity contribution in [1.29, 1.82) is 0 Å². The quantitative estimate of drug-likeness (QED) is 0.844. The largest absolute Gasteiger partial charge is 0.436 e. The van der Waals surface area contributed by atoms with E-state index in [4.69, 9.17) is 27.8 Å². The van der Waals surface area contributed by atoms with Crippen molar-refractivity contribution in [2.24, 2.45) is 5.73 Å². The van der Waals surface area contributed by atoms with Crippen LogP contribution in [0.5, 0.6) is 11.6 Å². The first kappa shape index (κ1) is 14.1. The fraction of sp³-hybridized carbons (Fsp3) is 0.154. The zero-order chi connectivity index (χ0) is 14.9. The number of halogens is 1. The van der Waals surface area contributed by atoms with E-state index in [0.29, 0.717) is 11.3 Å². The lowest BCUT2D eigenvalue weighted by atomic mass is 10.1. The van der Waals surface area contributed by atoms with Gasteiger partial charge in [-0.1, -0.05) is 11.6 Å². The summed E-state index contributed by atoms with van der Waals surface area (Å²) in [7, 11) is 0. The van der Waals surface area contributed by atoms with Gasteiger partial charge in [-0.05, 0) is 37.1 Å². The zero-order valence-electron chi connectivity index (χ0n) is 11.0. The fourth-order valence-corrected chi connectivity index (χ4v) is 1.92. The van der Waals surface area contributed by atoms with Crippen LogP contribution in [0.2, 0.25) is 5.15 Å². The molecule has 4 N–H and O–H groups in total. The van der Waals surface area contributed by atoms with Crippen molar-refractivity contribution in [2.75, 3.05) is 5.73 Å². The SMILES string of the molecule is Cc1cc(C(N)=O)cc(C)c1Oc1ncnc(Cl)c1N. The van der Waals surface area contributed by atoms with E-state index < -0.39 is 5.91 Å². The van der Waals surface area contributed by atoms with Gasteiger partial charge in [-0.25, -0.2) is 4.98 Å². The summed E-state index contributed by atoms with van der Waals surface area (Å²) in [5, 5.41) is 0.124. The van der Waals surface area contributed by atoms with Crippen molar-refractivity contribution in [3.63, 3.8) is 0 Å². The lowest BCUT2D eigenvalue weighted by molar-refractivity contribution is 0.1000. The van der Waals surface area contributed by atoms with Crippen LogP contribution in [-0.2, 0) is 0 Å². The highest BCUT2D eigenvalue weighted by Gasteiger charge is 2.14. The summed E-state index contributed by atoms with van der Waals surface area (Å²) in [6, 6.07) is 3.29. The van der Waals surface area contributed by atoms with Crippen molar-refractivity contribution in [3.8, 4) is 11.6 Å². The smallest absolute Gasteiger partial charge is 0.248 e. The number of anilines is 1. The van der Waals surface area contributed by atoms with Crippen LogP contribution in [0.4, 0.5) is 5.69 Å². The van der Waals surface area contributed by atoms with Crippen molar-refractivity contribution >= 4 is 23.2 Å². The number of nitrogens with two attached hydrogens (primary N) is 2. The number of ether oxygens (including phenoxy) is 1. The summed E-state index contributed by atoms with van der Waals surface area (Å²) in [5.74, 6) is 0.229. The van der Waals surface area contributed by atoms with Crippen molar-refractivity contribution in [2.45, 2.75) is 13.8 Å². The van der Waals surface area contributed by atoms with Crippen LogP contribution < -0.4 is 16.2 Å². The monoisotopic (exact) mass is 292 g/mol. The van der Waals surface area contributed by atoms with E-state index in [0.717, 1.165) is 11.1 Å². The summed E-state index contributed by atoms with van der Waals surface area (Å²) >= 11 is 5.81. The third-order valence-corrected chi connectivity index (χ3v) is 3.04. The first-order chi connectivity index (χ1) is 9.40. The number of rotatable bonds is 3. The van der Waals surface area contributed by atoms with Crippen molar-refractivity contribution in [3.05, 3.63) is 40.3 Å². The van der Waals surface area contributed by atoms with Gasteiger partial charge >= 0.3 is 0 Å². The first-order valence-corrected chi connectivity index (χ1v) is 6.12. The summed E-state index contributed by atoms with van der Waals surface area (Å²) in [6.07, 6.45) is 1.26. The number of carbonyl (C=O) groups excluding carboxylic acids is 1. The molecule has 1 heterocycles. The minimum absolute atomic E-state index is 0.124. The van der Waals surface area contributed by atoms with Gasteiger partial charge in [-0.2, -0.15) is 4.98 Å². The molecule has 1 aromatic heterocycles. The Bertz CT molecular complexity index is 665. The third kappa shape index (κ3) is 2.65. The van der Waals surface area contributed by atoms with Crippen LogP contribution in [0.3, 0.4) is 0 Å². The van der Waals surface area contributed by atoms with Gasteiger partial charge in [0.2, 0.25) is 11.8 Å². The highest BCUT2D eigenvalue weighted by atomic mass is 35.5. The summed E-state index contributed by atoms with van der Waals surface area (Å²) in [4.78, 5) is 18.9. The molecule has 104 valence electrons. The number of hydrogen-bond acceptors (Lipinski definition) is 5. The molecule has 0 saturated heterocycles. The van der Waals surface area contributed by atoms with E-state index in [2.05, 4.69) is 9.97 Å². The fourth-order valence-electron chi connectivity index (χ4n) is 1.79. The number of nitrogen functional groups attached to an aromatic ring is 1. The Morgan fingerprint density at radius 3 is 2.40 bits per heavy atom. The molecule has 0 aliphatic carbocycles. The normalized spacial score (nSPS) is 10.3. The second-order valence-corrected chi connectivity index (χ2v) is 4.65. The van der Waals surface area contributed by atoms with Crippen LogP contribution in [0.1, 0.15) is 21.5 Å². The van der Waals surface area contributed by atoms with Gasteiger partial charge in [0.15, 0.2) is 5.15 Å². The van der Waals surface area contributed by atoms with Crippen LogP contribution in [0.25, 0.3) is 0 Å². The molecule has 1 aromatic carbocycles. The zero-order valence-corrected chi connectivity index (χ0v) is 11.7. The molecule has 1 amide bonds. The van der Waals surface area contributed by atoms with Crippen molar-refractivity contribution in [1.82, 2.24) is 9.97 Å². The molecule has 0 radical (unpaired) electrons. The number of aryl methyl sites for hydroxylation is 2. The molecule has 0 aliphatic rings. The molecular formula is C13H13ClN4O2. The topological polar surface area (TPSA) is 104 Å². The molecule has 2 aromatic rings. The second-order valence-electron chi connectivity index (χ2n) is 4.29. The predicted molar refractivity (Wildman–Crippen MR) is 76.0 cm³/mol. The van der Waals surface area contributed by atoms with Gasteiger partial charge in [-0.15, -0.1) is 0 Å². The maximum absolute atomic E-state index is 11.2. The Morgan fingerprint density at radius 2 is 1.85 bits per heavy atom. The molecule has 0 fully saturated rings. The average Bonchev–Trinajstić information content (AvgIpc) is 2.38. The van der Waals surface area contributed by atoms with Crippen LogP contribution in [0.15, 0.2) is 18.5 Å². The number of nitrogens with zero attached hydrogens (tertiary/aromatic N) is 2. The molecule has 0 unspecified atom stereocenters. The third-order valence-electron chi connectivity index (χ3n) is 2.74. The highest BCUT2D eigenvalue weighted by Crippen LogP contribution is 2.33. The predicted octanol–water partition coefficient (Wildman–Crippen LogP) is 2.22. The highest BCUT2D eigenvalue weighted by molar-refractivity contribution is 6.32. The molecule has 0 spiro atoms. The average molecular weight is 293 g/mol. The van der Waals surface area contributed by atoms with E-state index in [1.807, 2.05) is 0 Å². The number of carbonyl (C=O) groups is 1. The van der Waals surface area contributed by atoms with E-state index >= 15 is 0 Å². The van der Waals surface area contributed by atoms with Crippen LogP contribution in [0, 0.1) is 13.8 Å². The molecule has 2 rings (SSSR count). The molecule has 7 heteroatoms. The molecule has 0 bridgehead atoms. The number of aromatic nitrogens is 2. The van der Waals surface area contributed by atoms with Gasteiger partial charge < -0.3 is 16.2 Å². The lowest BCUT2D eigenvalue weighted by Crippen LogP contribution is -2.11. The lowest BCUT2D eigenvalue weighted by Gasteiger charge is -2.13. The summed E-state index contributed by atoms with van der Waals surface area (Å²) in [6.45, 7) is 3.60. The molecular weight excluding hydrogens is 280 g/mol. The van der Waals surface area contributed by atoms with Gasteiger partial charge in [-0.3, -0.25) is 4.79 Å². The van der Waals surface area contributed by atoms with E-state index in [1.54, 1.807) is 26.0 Å². The standard InChI is InChI=1S/C13H13ClN4O2/c1-6-3-8(12(16)19)4-7(2)10(6)20-13-9(15)11(14)17-5-18-13/h3-5H,15H2,1-2H3,(H2,16,19). The van der Waals surface area contributed by atoms with Crippen molar-refractivity contribution < 1.29 is 9.53 Å². The van der Waals surface area contributed by atoms with E-state index in [-0.39, 0.29) is 16.7 Å². The summed E-state index contributed by atoms with van der Waals surface area (Å²) in [5.41, 5.74) is 13.1. The molecule has 6 nitrogen and oxygen atoms in total. The Kier molecular flexibility index (Phi) is 3.76. The minimum atomic E-state index is -0.493. The molecule has 0 aliphatic heterocycles. The Balaban J connectivity index is 2.44. The number of benzene rings is 1. The van der Waals surface area contributed by atoms with Gasteiger partial charge in [0, 0.05) is 5.56 Å². The Morgan fingerprint density at radius 1 is 1.25 bits per heavy atom. The Hall–Kier alpha value is -2.34. The number of hydrogen-bond donors (Lipinski definition) is 2. The summed E-state index contributed by atoms with van der Waals surface area (Å²) < 4.78 is 5.67. The van der Waals surface area contributed by atoms with Gasteiger partial charge in [0.25, 0.3) is 0 Å². The molecule has 0 saturated carbocycles. The first-order valence-electron chi connectivity index (χ1n) is 5.75. The minimum Gasteiger partial charge on any atom is -0.436 e. The van der Waals surface area contributed by atoms with Crippen LogP contribution in [-0.4, -0.2) is 15.9 Å². The number of amides is 1.